The first kappa shape index (κ1) is 12.1. The average Bonchev–Trinajstić information content (AvgIpc) is 2.37. The largest absolute Gasteiger partial charge is 0.496 e. The molecule has 92 valence electrons. The number of ether oxygens (including phenoxy) is 3. The fraction of sp³-hybridized carbons (Fsp3) is 0.462. The van der Waals surface area contributed by atoms with Crippen LogP contribution in [0.2, 0.25) is 0 Å². The first-order valence-electron chi connectivity index (χ1n) is 5.48. The van der Waals surface area contributed by atoms with Crippen molar-refractivity contribution in [2.45, 2.75) is 18.6 Å². The van der Waals surface area contributed by atoms with Gasteiger partial charge in [0.05, 0.1) is 18.8 Å². The molecule has 0 aliphatic heterocycles. The Labute approximate surface area is 100 Å². The molecule has 0 radical (unpaired) electrons. The molecular formula is C13H16O4. The maximum atomic E-state index is 12.1. The number of Topliss-reactive ketones (excluding diaryl/α,β-unsaturated/α-hetero) is 1. The molecule has 1 aliphatic carbocycles. The molecule has 0 heterocycles. The van der Waals surface area contributed by atoms with Gasteiger partial charge < -0.3 is 14.2 Å². The Kier molecular flexibility index (Phi) is 3.45. The summed E-state index contributed by atoms with van der Waals surface area (Å²) < 4.78 is 16.0. The van der Waals surface area contributed by atoms with E-state index in [0.29, 0.717) is 17.7 Å². The van der Waals surface area contributed by atoms with Gasteiger partial charge in [0.25, 0.3) is 0 Å². The number of rotatable bonds is 3. The van der Waals surface area contributed by atoms with Crippen molar-refractivity contribution < 1.29 is 19.0 Å². The summed E-state index contributed by atoms with van der Waals surface area (Å²) in [5.74, 6) is 0.640. The molecule has 0 saturated carbocycles. The van der Waals surface area contributed by atoms with Gasteiger partial charge in [-0.1, -0.05) is 12.1 Å². The highest BCUT2D eigenvalue weighted by Gasteiger charge is 2.36. The Morgan fingerprint density at radius 2 is 1.94 bits per heavy atom. The molecule has 1 aromatic rings. The van der Waals surface area contributed by atoms with Crippen LogP contribution < -0.4 is 4.74 Å². The van der Waals surface area contributed by atoms with Crippen LogP contribution in [0.5, 0.6) is 5.75 Å². The summed E-state index contributed by atoms with van der Waals surface area (Å²) in [5.41, 5.74) is 1.46. The van der Waals surface area contributed by atoms with E-state index in [-0.39, 0.29) is 18.0 Å². The third-order valence-electron chi connectivity index (χ3n) is 3.14. The lowest BCUT2D eigenvalue weighted by Crippen LogP contribution is -2.32. The van der Waals surface area contributed by atoms with Crippen LogP contribution >= 0.6 is 0 Å². The van der Waals surface area contributed by atoms with E-state index in [1.807, 2.05) is 12.1 Å². The molecule has 2 atom stereocenters. The van der Waals surface area contributed by atoms with E-state index < -0.39 is 0 Å². The summed E-state index contributed by atoms with van der Waals surface area (Å²) >= 11 is 0. The maximum absolute atomic E-state index is 12.1. The van der Waals surface area contributed by atoms with Crippen molar-refractivity contribution in [1.29, 1.82) is 0 Å². The Morgan fingerprint density at radius 1 is 1.18 bits per heavy atom. The van der Waals surface area contributed by atoms with Crippen molar-refractivity contribution in [3.05, 3.63) is 29.3 Å². The van der Waals surface area contributed by atoms with Crippen LogP contribution in [0.4, 0.5) is 0 Å². The summed E-state index contributed by atoms with van der Waals surface area (Å²) in [7, 11) is 4.78. The highest BCUT2D eigenvalue weighted by molar-refractivity contribution is 6.01. The molecule has 0 spiro atoms. The summed E-state index contributed by atoms with van der Waals surface area (Å²) in [6.45, 7) is 0. The lowest BCUT2D eigenvalue weighted by Gasteiger charge is -2.31. The van der Waals surface area contributed by atoms with Crippen LogP contribution in [0.3, 0.4) is 0 Å². The summed E-state index contributed by atoms with van der Waals surface area (Å²) in [5, 5.41) is 0. The molecule has 0 saturated heterocycles. The number of hydrogen-bond donors (Lipinski definition) is 0. The van der Waals surface area contributed by atoms with E-state index in [1.54, 1.807) is 27.4 Å². The van der Waals surface area contributed by atoms with E-state index in [1.165, 1.54) is 0 Å². The fourth-order valence-corrected chi connectivity index (χ4v) is 2.33. The number of fused-ring (bicyclic) bond motifs is 1. The van der Waals surface area contributed by atoms with Gasteiger partial charge in [-0.3, -0.25) is 4.79 Å². The number of carbonyl (C=O) groups is 1. The van der Waals surface area contributed by atoms with Gasteiger partial charge in [0, 0.05) is 20.6 Å². The Morgan fingerprint density at radius 3 is 2.53 bits per heavy atom. The van der Waals surface area contributed by atoms with Gasteiger partial charge in [0.2, 0.25) is 0 Å². The van der Waals surface area contributed by atoms with Crippen molar-refractivity contribution in [2.24, 2.45) is 0 Å². The third kappa shape index (κ3) is 1.94. The molecule has 1 aromatic carbocycles. The van der Waals surface area contributed by atoms with Crippen LogP contribution in [0.25, 0.3) is 0 Å². The summed E-state index contributed by atoms with van der Waals surface area (Å²) in [6.07, 6.45) is -0.127. The highest BCUT2D eigenvalue weighted by Crippen LogP contribution is 2.38. The molecule has 4 heteroatoms. The Hall–Kier alpha value is -1.39. The lowest BCUT2D eigenvalue weighted by atomic mass is 9.85. The predicted octanol–water partition coefficient (Wildman–Crippen LogP) is 1.98. The first-order valence-corrected chi connectivity index (χ1v) is 5.48. The minimum Gasteiger partial charge on any atom is -0.496 e. The van der Waals surface area contributed by atoms with E-state index in [2.05, 4.69) is 0 Å². The molecule has 0 N–H and O–H groups in total. The monoisotopic (exact) mass is 236 g/mol. The zero-order chi connectivity index (χ0) is 12.4. The molecule has 0 aromatic heterocycles. The smallest absolute Gasteiger partial charge is 0.169 e. The molecule has 0 fully saturated rings. The molecular weight excluding hydrogens is 220 g/mol. The topological polar surface area (TPSA) is 44.8 Å². The lowest BCUT2D eigenvalue weighted by molar-refractivity contribution is -0.0421. The van der Waals surface area contributed by atoms with Gasteiger partial charge in [0.15, 0.2) is 5.78 Å². The van der Waals surface area contributed by atoms with E-state index in [4.69, 9.17) is 14.2 Å². The van der Waals surface area contributed by atoms with E-state index in [9.17, 15) is 4.79 Å². The zero-order valence-electron chi connectivity index (χ0n) is 10.2. The van der Waals surface area contributed by atoms with Crippen LogP contribution in [0.15, 0.2) is 18.2 Å². The van der Waals surface area contributed by atoms with Crippen molar-refractivity contribution >= 4 is 5.78 Å². The third-order valence-corrected chi connectivity index (χ3v) is 3.14. The molecule has 2 rings (SSSR count). The standard InChI is InChI=1S/C13H16O4/c1-15-10-6-4-5-8-12(10)9(14)7-11(16-2)13(8)17-3/h4-6,11,13H,7H2,1-3H3/t11-,13+/m1/s1. The minimum atomic E-state index is -0.230. The van der Waals surface area contributed by atoms with Crippen LogP contribution in [-0.2, 0) is 9.47 Å². The number of benzene rings is 1. The molecule has 0 bridgehead atoms. The van der Waals surface area contributed by atoms with Crippen LogP contribution in [0.1, 0.15) is 28.4 Å². The van der Waals surface area contributed by atoms with Gasteiger partial charge in [-0.05, 0) is 11.6 Å². The molecule has 0 amide bonds. The Bertz CT molecular complexity index is 427. The van der Waals surface area contributed by atoms with Gasteiger partial charge in [-0.2, -0.15) is 0 Å². The molecule has 17 heavy (non-hydrogen) atoms. The molecule has 4 nitrogen and oxygen atoms in total. The quantitative estimate of drug-likeness (QED) is 0.805. The van der Waals surface area contributed by atoms with Crippen LogP contribution in [0, 0.1) is 0 Å². The van der Waals surface area contributed by atoms with E-state index in [0.717, 1.165) is 5.56 Å². The predicted molar refractivity (Wildman–Crippen MR) is 62.5 cm³/mol. The second-order valence-electron chi connectivity index (χ2n) is 3.98. The van der Waals surface area contributed by atoms with E-state index >= 15 is 0 Å². The normalized spacial score (nSPS) is 23.4. The molecule has 1 aliphatic rings. The van der Waals surface area contributed by atoms with Crippen molar-refractivity contribution in [3.8, 4) is 5.75 Å². The number of methoxy groups -OCH3 is 3. The average molecular weight is 236 g/mol. The van der Waals surface area contributed by atoms with Gasteiger partial charge >= 0.3 is 0 Å². The van der Waals surface area contributed by atoms with Crippen LogP contribution in [-0.4, -0.2) is 33.2 Å². The van der Waals surface area contributed by atoms with Crippen molar-refractivity contribution in [1.82, 2.24) is 0 Å². The number of ketones is 1. The second kappa shape index (κ2) is 4.85. The molecule has 0 unspecified atom stereocenters. The van der Waals surface area contributed by atoms with Gasteiger partial charge in [0.1, 0.15) is 11.9 Å². The van der Waals surface area contributed by atoms with Crippen molar-refractivity contribution in [2.75, 3.05) is 21.3 Å². The second-order valence-corrected chi connectivity index (χ2v) is 3.98. The Balaban J connectivity index is 2.54. The first-order chi connectivity index (χ1) is 8.22. The number of hydrogen-bond acceptors (Lipinski definition) is 4. The van der Waals surface area contributed by atoms with Gasteiger partial charge in [-0.15, -0.1) is 0 Å². The maximum Gasteiger partial charge on any atom is 0.169 e. The summed E-state index contributed by atoms with van der Waals surface area (Å²) in [4.78, 5) is 12.1. The SMILES string of the molecule is COc1cccc2c1C(=O)C[C@@H](OC)[C@H]2OC. The zero-order valence-corrected chi connectivity index (χ0v) is 10.2. The minimum absolute atomic E-state index is 0.0394. The van der Waals surface area contributed by atoms with Gasteiger partial charge in [-0.25, -0.2) is 0 Å². The van der Waals surface area contributed by atoms with Crippen molar-refractivity contribution in [3.63, 3.8) is 0 Å². The highest BCUT2D eigenvalue weighted by atomic mass is 16.5. The summed E-state index contributed by atoms with van der Waals surface area (Å²) in [6, 6.07) is 5.53. The fourth-order valence-electron chi connectivity index (χ4n) is 2.33. The number of carbonyl (C=O) groups excluding carboxylic acids is 1.